The minimum absolute atomic E-state index is 0.219. The third kappa shape index (κ3) is 2.37. The fourth-order valence-corrected chi connectivity index (χ4v) is 3.52. The molecule has 0 bridgehead atoms. The summed E-state index contributed by atoms with van der Waals surface area (Å²) in [5, 5.41) is 0. The molecule has 0 aliphatic rings. The van der Waals surface area contributed by atoms with Crippen molar-refractivity contribution >= 4 is 33.4 Å². The number of thiazole rings is 1. The molecule has 0 spiro atoms. The van der Waals surface area contributed by atoms with Gasteiger partial charge in [0.25, 0.3) is 5.56 Å². The zero-order valence-corrected chi connectivity index (χ0v) is 12.9. The van der Waals surface area contributed by atoms with Gasteiger partial charge in [0.15, 0.2) is 4.96 Å². The van der Waals surface area contributed by atoms with E-state index in [9.17, 15) is 18.0 Å². The molecule has 3 nitrogen and oxygen atoms in total. The van der Waals surface area contributed by atoms with Gasteiger partial charge in [-0.3, -0.25) is 4.79 Å². The quantitative estimate of drug-likeness (QED) is 0.529. The Kier molecular flexibility index (Phi) is 3.21. The van der Waals surface area contributed by atoms with Crippen molar-refractivity contribution < 1.29 is 13.2 Å². The molecule has 0 saturated carbocycles. The zero-order valence-electron chi connectivity index (χ0n) is 12.0. The van der Waals surface area contributed by atoms with Crippen LogP contribution in [-0.2, 0) is 6.18 Å². The summed E-state index contributed by atoms with van der Waals surface area (Å²) in [5.41, 5.74) is 1.06. The zero-order chi connectivity index (χ0) is 16.9. The van der Waals surface area contributed by atoms with Crippen molar-refractivity contribution in [3.05, 3.63) is 74.5 Å². The van der Waals surface area contributed by atoms with E-state index in [1.807, 2.05) is 24.3 Å². The van der Waals surface area contributed by atoms with Crippen LogP contribution >= 0.6 is 11.3 Å². The lowest BCUT2D eigenvalue weighted by molar-refractivity contribution is -0.137. The normalized spacial score (nSPS) is 13.2. The van der Waals surface area contributed by atoms with Gasteiger partial charge < -0.3 is 0 Å². The lowest BCUT2D eigenvalue weighted by Crippen LogP contribution is -2.22. The van der Waals surface area contributed by atoms with Crippen molar-refractivity contribution in [2.75, 3.05) is 0 Å². The lowest BCUT2D eigenvalue weighted by atomic mass is 10.1. The molecule has 0 saturated heterocycles. The molecule has 0 aliphatic carbocycles. The Balaban J connectivity index is 1.86. The Morgan fingerprint density at radius 1 is 1.04 bits per heavy atom. The average Bonchev–Trinajstić information content (AvgIpc) is 3.04. The summed E-state index contributed by atoms with van der Waals surface area (Å²) in [6.07, 6.45) is -2.79. The lowest BCUT2D eigenvalue weighted by Gasteiger charge is -2.05. The Morgan fingerprint density at radius 2 is 1.75 bits per heavy atom. The van der Waals surface area contributed by atoms with Crippen LogP contribution in [0.2, 0.25) is 0 Å². The number of para-hydroxylation sites is 2. The number of hydrogen-bond donors (Lipinski definition) is 0. The predicted molar refractivity (Wildman–Crippen MR) is 87.1 cm³/mol. The van der Waals surface area contributed by atoms with E-state index in [0.29, 0.717) is 15.1 Å². The van der Waals surface area contributed by atoms with Gasteiger partial charge in [0.05, 0.1) is 21.1 Å². The molecule has 2 heterocycles. The molecule has 2 aromatic heterocycles. The molecular formula is C17H9F3N2OS. The first kappa shape index (κ1) is 14.9. The topological polar surface area (TPSA) is 34.4 Å². The predicted octanol–water partition coefficient (Wildman–Crippen LogP) is 3.48. The maximum Gasteiger partial charge on any atom is 0.416 e. The summed E-state index contributed by atoms with van der Waals surface area (Å²) in [6.45, 7) is 0. The van der Waals surface area contributed by atoms with Crippen molar-refractivity contribution in [2.45, 2.75) is 6.18 Å². The molecular weight excluding hydrogens is 337 g/mol. The molecule has 120 valence electrons. The molecule has 7 heteroatoms. The van der Waals surface area contributed by atoms with Crippen LogP contribution in [0, 0.1) is 0 Å². The van der Waals surface area contributed by atoms with E-state index in [-0.39, 0.29) is 5.56 Å². The summed E-state index contributed by atoms with van der Waals surface area (Å²) >= 11 is 1.22. The third-order valence-corrected chi connectivity index (χ3v) is 4.65. The first-order chi connectivity index (χ1) is 11.4. The second-order valence-corrected chi connectivity index (χ2v) is 6.26. The molecule has 24 heavy (non-hydrogen) atoms. The highest BCUT2D eigenvalue weighted by Gasteiger charge is 2.29. The molecule has 0 fully saturated rings. The summed E-state index contributed by atoms with van der Waals surface area (Å²) in [4.78, 5) is 17.5. The van der Waals surface area contributed by atoms with Crippen molar-refractivity contribution in [1.82, 2.24) is 9.38 Å². The Hall–Kier alpha value is -2.67. The molecule has 2 aromatic carbocycles. The number of rotatable bonds is 1. The maximum absolute atomic E-state index is 12.6. The Labute approximate surface area is 137 Å². The number of halogens is 3. The van der Waals surface area contributed by atoms with E-state index >= 15 is 0 Å². The molecule has 0 atom stereocenters. The van der Waals surface area contributed by atoms with Gasteiger partial charge in [-0.05, 0) is 35.9 Å². The van der Waals surface area contributed by atoms with Crippen molar-refractivity contribution in [3.63, 3.8) is 0 Å². The molecule has 0 unspecified atom stereocenters. The average molecular weight is 346 g/mol. The molecule has 0 aliphatic heterocycles. The number of fused-ring (bicyclic) bond motifs is 3. The van der Waals surface area contributed by atoms with E-state index in [0.717, 1.165) is 23.2 Å². The number of aromatic nitrogens is 2. The van der Waals surface area contributed by atoms with Crippen molar-refractivity contribution in [2.24, 2.45) is 0 Å². The van der Waals surface area contributed by atoms with Crippen LogP contribution in [0.1, 0.15) is 11.1 Å². The van der Waals surface area contributed by atoms with Gasteiger partial charge in [0.2, 0.25) is 0 Å². The van der Waals surface area contributed by atoms with Crippen LogP contribution in [0.4, 0.5) is 13.2 Å². The van der Waals surface area contributed by atoms with E-state index in [2.05, 4.69) is 4.98 Å². The number of alkyl halides is 3. The van der Waals surface area contributed by atoms with Crippen molar-refractivity contribution in [1.29, 1.82) is 0 Å². The number of benzene rings is 2. The molecule has 0 radical (unpaired) electrons. The number of imidazole rings is 1. The van der Waals surface area contributed by atoms with E-state index < -0.39 is 11.7 Å². The van der Waals surface area contributed by atoms with Gasteiger partial charge in [-0.2, -0.15) is 13.2 Å². The molecule has 0 amide bonds. The van der Waals surface area contributed by atoms with Gasteiger partial charge in [-0.15, -0.1) is 0 Å². The molecule has 4 aromatic rings. The van der Waals surface area contributed by atoms with Crippen molar-refractivity contribution in [3.8, 4) is 0 Å². The first-order valence-electron chi connectivity index (χ1n) is 7.02. The van der Waals surface area contributed by atoms with Gasteiger partial charge >= 0.3 is 6.18 Å². The van der Waals surface area contributed by atoms with Gasteiger partial charge in [-0.1, -0.05) is 35.6 Å². The number of hydrogen-bond acceptors (Lipinski definition) is 3. The van der Waals surface area contributed by atoms with Crippen LogP contribution in [0.5, 0.6) is 0 Å². The minimum Gasteiger partial charge on any atom is -0.267 e. The van der Waals surface area contributed by atoms with Crippen LogP contribution in [0.25, 0.3) is 22.1 Å². The third-order valence-electron chi connectivity index (χ3n) is 3.68. The second kappa shape index (κ2) is 5.17. The van der Waals surface area contributed by atoms with Crippen LogP contribution in [-0.4, -0.2) is 9.38 Å². The standard InChI is InChI=1S/C17H9F3N2OS/c18-17(19,20)11-7-5-10(6-8-11)9-14-15(23)22-13-4-2-1-3-12(13)21-16(22)24-14/h1-9H/b14-9-. The molecule has 0 N–H and O–H groups in total. The number of nitrogens with zero attached hydrogens (tertiary/aromatic N) is 2. The van der Waals surface area contributed by atoms with E-state index in [1.54, 1.807) is 6.08 Å². The summed E-state index contributed by atoms with van der Waals surface area (Å²) in [6, 6.07) is 12.0. The highest BCUT2D eigenvalue weighted by atomic mass is 32.1. The van der Waals surface area contributed by atoms with Gasteiger partial charge in [0, 0.05) is 0 Å². The van der Waals surface area contributed by atoms with Crippen LogP contribution in [0.3, 0.4) is 0 Å². The summed E-state index contributed by atoms with van der Waals surface area (Å²) in [7, 11) is 0. The monoisotopic (exact) mass is 346 g/mol. The minimum atomic E-state index is -4.37. The highest BCUT2D eigenvalue weighted by molar-refractivity contribution is 7.15. The summed E-state index contributed by atoms with van der Waals surface area (Å²) in [5.74, 6) is 0. The largest absolute Gasteiger partial charge is 0.416 e. The molecule has 4 rings (SSSR count). The SMILES string of the molecule is O=c1/c(=C/c2ccc(C(F)(F)F)cc2)sc2nc3ccccc3n12. The Morgan fingerprint density at radius 3 is 2.46 bits per heavy atom. The summed E-state index contributed by atoms with van der Waals surface area (Å²) < 4.78 is 39.7. The first-order valence-corrected chi connectivity index (χ1v) is 7.84. The van der Waals surface area contributed by atoms with Gasteiger partial charge in [-0.25, -0.2) is 9.38 Å². The Bertz CT molecular complexity index is 1160. The smallest absolute Gasteiger partial charge is 0.267 e. The van der Waals surface area contributed by atoms with Crippen LogP contribution in [0.15, 0.2) is 53.3 Å². The highest BCUT2D eigenvalue weighted by Crippen LogP contribution is 2.29. The van der Waals surface area contributed by atoms with E-state index in [1.165, 1.54) is 27.9 Å². The van der Waals surface area contributed by atoms with Gasteiger partial charge in [0.1, 0.15) is 0 Å². The fourth-order valence-electron chi connectivity index (χ4n) is 2.53. The maximum atomic E-state index is 12.6. The van der Waals surface area contributed by atoms with Crippen LogP contribution < -0.4 is 10.1 Å². The van der Waals surface area contributed by atoms with E-state index in [4.69, 9.17) is 0 Å². The second-order valence-electron chi connectivity index (χ2n) is 5.25. The fraction of sp³-hybridized carbons (Fsp3) is 0.0588.